The topological polar surface area (TPSA) is 9.23 Å². The monoisotopic (exact) mass is 373 g/mol. The minimum absolute atomic E-state index is 0. The minimum atomic E-state index is -0.270. The van der Waals surface area contributed by atoms with Crippen LogP contribution in [0.15, 0.2) is 41.0 Å². The first-order valence-corrected chi connectivity index (χ1v) is 7.78. The molecule has 0 saturated heterocycles. The van der Waals surface area contributed by atoms with Gasteiger partial charge in [0.25, 0.3) is 0 Å². The summed E-state index contributed by atoms with van der Waals surface area (Å²) in [6.45, 7) is 13.3. The smallest absolute Gasteiger partial charge is 1.00 e. The quantitative estimate of drug-likeness (QED) is 0.628. The van der Waals surface area contributed by atoms with E-state index in [4.69, 9.17) is 3.32 Å². The van der Waals surface area contributed by atoms with E-state index in [0.717, 1.165) is 0 Å². The van der Waals surface area contributed by atoms with Crippen LogP contribution in [0.25, 0.3) is 5.57 Å². The molecule has 0 aliphatic heterocycles. The maximum Gasteiger partial charge on any atom is -1.00 e. The molecule has 1 nitrogen and oxygen atoms in total. The Hall–Kier alpha value is -0.0457. The third-order valence-electron chi connectivity index (χ3n) is 4.76. The number of halogens is 2. The van der Waals surface area contributed by atoms with Gasteiger partial charge >= 0.3 is 135 Å². The van der Waals surface area contributed by atoms with E-state index in [1.165, 1.54) is 33.4 Å². The average molecular weight is 374 g/mol. The second-order valence-corrected chi connectivity index (χ2v) is 6.55. The van der Waals surface area contributed by atoms with Gasteiger partial charge in [0.2, 0.25) is 0 Å². The fraction of sp³-hybridized carbons (Fsp3) is 0.444. The molecule has 22 heavy (non-hydrogen) atoms. The summed E-state index contributed by atoms with van der Waals surface area (Å²) in [5.74, 6) is 0.490. The number of hydrogen-bond donors (Lipinski definition) is 0. The molecule has 0 spiro atoms. The molecule has 0 bridgehead atoms. The van der Waals surface area contributed by atoms with Gasteiger partial charge in [-0.2, -0.15) is 0 Å². The minimum Gasteiger partial charge on any atom is -1.00 e. The SMILES string of the molecule is CC1=C(C)C(C)C(c2ccccc2C(C)(C)[O][Ti+2])=C1C.[Cl-].[Cl-]. The maximum atomic E-state index is 5.71. The van der Waals surface area contributed by atoms with Crippen LogP contribution in [0.2, 0.25) is 0 Å². The summed E-state index contributed by atoms with van der Waals surface area (Å²) in [5.41, 5.74) is 8.15. The zero-order chi connectivity index (χ0) is 15.1. The summed E-state index contributed by atoms with van der Waals surface area (Å²) in [6, 6.07) is 8.65. The van der Waals surface area contributed by atoms with Gasteiger partial charge in [0.1, 0.15) is 0 Å². The molecule has 4 heteroatoms. The fourth-order valence-corrected chi connectivity index (χ4v) is 3.27. The first-order valence-electron chi connectivity index (χ1n) is 7.14. The molecule has 0 amide bonds. The normalized spacial score (nSPS) is 18.3. The van der Waals surface area contributed by atoms with Crippen LogP contribution < -0.4 is 24.8 Å². The first-order chi connectivity index (χ1) is 9.31. The predicted octanol–water partition coefficient (Wildman–Crippen LogP) is -0.832. The number of allylic oxidation sites excluding steroid dienone is 4. The molecule has 0 N–H and O–H groups in total. The summed E-state index contributed by atoms with van der Waals surface area (Å²) in [5, 5.41) is 0. The summed E-state index contributed by atoms with van der Waals surface area (Å²) in [7, 11) is 0. The van der Waals surface area contributed by atoms with Crippen molar-refractivity contribution >= 4 is 5.57 Å². The average Bonchev–Trinajstić information content (AvgIpc) is 2.63. The molecule has 0 aromatic heterocycles. The molecule has 1 unspecified atom stereocenters. The van der Waals surface area contributed by atoms with Crippen LogP contribution in [0.5, 0.6) is 0 Å². The Bertz CT molecular complexity index is 603. The van der Waals surface area contributed by atoms with Gasteiger partial charge in [0.15, 0.2) is 0 Å². The Balaban J connectivity index is 0.00000220. The molecule has 0 radical (unpaired) electrons. The maximum absolute atomic E-state index is 5.71. The van der Waals surface area contributed by atoms with E-state index in [0.29, 0.717) is 5.92 Å². The van der Waals surface area contributed by atoms with Gasteiger partial charge in [-0.1, -0.05) is 0 Å². The van der Waals surface area contributed by atoms with Crippen LogP contribution in [-0.2, 0) is 29.7 Å². The molecule has 1 atom stereocenters. The Morgan fingerprint density at radius 3 is 2.00 bits per heavy atom. The molecule has 1 aliphatic rings. The summed E-state index contributed by atoms with van der Waals surface area (Å²) >= 11 is 1.78. The second kappa shape index (κ2) is 8.17. The van der Waals surface area contributed by atoms with Crippen LogP contribution in [0, 0.1) is 5.92 Å². The number of rotatable bonds is 3. The van der Waals surface area contributed by atoms with Crippen molar-refractivity contribution in [3.05, 3.63) is 52.1 Å². The summed E-state index contributed by atoms with van der Waals surface area (Å²) in [4.78, 5) is 0. The van der Waals surface area contributed by atoms with E-state index in [1.54, 1.807) is 20.8 Å². The summed E-state index contributed by atoms with van der Waals surface area (Å²) in [6.07, 6.45) is 0. The van der Waals surface area contributed by atoms with E-state index >= 15 is 0 Å². The van der Waals surface area contributed by atoms with Gasteiger partial charge in [-0.15, -0.1) is 0 Å². The predicted molar refractivity (Wildman–Crippen MR) is 80.7 cm³/mol. The van der Waals surface area contributed by atoms with Crippen molar-refractivity contribution in [3.8, 4) is 0 Å². The Kier molecular flexibility index (Phi) is 8.15. The third-order valence-corrected chi connectivity index (χ3v) is 5.56. The van der Waals surface area contributed by atoms with Crippen LogP contribution >= 0.6 is 0 Å². The van der Waals surface area contributed by atoms with Crippen molar-refractivity contribution in [2.45, 2.75) is 47.1 Å². The summed E-state index contributed by atoms with van der Waals surface area (Å²) < 4.78 is 5.71. The zero-order valence-corrected chi connectivity index (χ0v) is 17.1. The van der Waals surface area contributed by atoms with Crippen LogP contribution in [0.4, 0.5) is 0 Å². The Labute approximate surface area is 159 Å². The second-order valence-electron chi connectivity index (χ2n) is 6.23. The Morgan fingerprint density at radius 1 is 1.00 bits per heavy atom. The standard InChI is InChI=1S/C18H23O.2ClH.Ti/c1-11-12(2)14(4)17(13(11)3)15-9-7-8-10-16(15)18(5,6)19;;;/h7-10,13H,1-6H3;2*1H;/q-1;;;+3/p-2. The van der Waals surface area contributed by atoms with E-state index in [1.807, 2.05) is 0 Å². The van der Waals surface area contributed by atoms with Crippen LogP contribution in [0.1, 0.15) is 52.7 Å². The van der Waals surface area contributed by atoms with Crippen molar-refractivity contribution < 1.29 is 49.0 Å². The molecule has 0 fully saturated rings. The zero-order valence-electron chi connectivity index (χ0n) is 14.1. The molecule has 119 valence electrons. The first kappa shape index (κ1) is 22.0. The van der Waals surface area contributed by atoms with E-state index in [2.05, 4.69) is 65.8 Å². The van der Waals surface area contributed by atoms with E-state index < -0.39 is 0 Å². The largest absolute Gasteiger partial charge is 1.00 e. The third kappa shape index (κ3) is 3.71. The van der Waals surface area contributed by atoms with Gasteiger partial charge in [-0.25, -0.2) is 0 Å². The molecule has 1 aromatic rings. The van der Waals surface area contributed by atoms with Crippen LogP contribution in [0.3, 0.4) is 0 Å². The molecular weight excluding hydrogens is 351 g/mol. The number of hydrogen-bond acceptors (Lipinski definition) is 1. The van der Waals surface area contributed by atoms with E-state index in [9.17, 15) is 0 Å². The molecule has 1 aromatic carbocycles. The van der Waals surface area contributed by atoms with Gasteiger partial charge in [-0.3, -0.25) is 0 Å². The van der Waals surface area contributed by atoms with Crippen molar-refractivity contribution in [3.63, 3.8) is 0 Å². The fourth-order valence-electron chi connectivity index (χ4n) is 3.10. The molecule has 0 heterocycles. The van der Waals surface area contributed by atoms with Gasteiger partial charge in [0, 0.05) is 0 Å². The van der Waals surface area contributed by atoms with Crippen molar-refractivity contribution in [2.75, 3.05) is 0 Å². The molecular formula is C18H23Cl2OTi. The molecule has 0 saturated carbocycles. The van der Waals surface area contributed by atoms with Gasteiger partial charge in [0.05, 0.1) is 0 Å². The molecule has 1 aliphatic carbocycles. The van der Waals surface area contributed by atoms with Crippen molar-refractivity contribution in [1.29, 1.82) is 0 Å². The van der Waals surface area contributed by atoms with Crippen LogP contribution in [-0.4, -0.2) is 0 Å². The Morgan fingerprint density at radius 2 is 1.55 bits per heavy atom. The van der Waals surface area contributed by atoms with Gasteiger partial charge in [-0.05, 0) is 0 Å². The van der Waals surface area contributed by atoms with E-state index in [-0.39, 0.29) is 30.4 Å². The number of benzene rings is 1. The van der Waals surface area contributed by atoms with Crippen molar-refractivity contribution in [2.24, 2.45) is 5.92 Å². The molecule has 2 rings (SSSR count). The van der Waals surface area contributed by atoms with Crippen molar-refractivity contribution in [1.82, 2.24) is 0 Å². The van der Waals surface area contributed by atoms with Gasteiger partial charge < -0.3 is 24.8 Å².